The molecule has 0 atom stereocenters. The molecule has 1 aromatic rings. The second-order valence-corrected chi connectivity index (χ2v) is 3.15. The van der Waals surface area contributed by atoms with E-state index in [9.17, 15) is 4.79 Å². The van der Waals surface area contributed by atoms with Crippen molar-refractivity contribution in [2.24, 2.45) is 9.98 Å². The third-order valence-electron chi connectivity index (χ3n) is 2.34. The summed E-state index contributed by atoms with van der Waals surface area (Å²) in [5.74, 6) is 0.0121. The molecule has 0 saturated carbocycles. The van der Waals surface area contributed by atoms with Crippen LogP contribution in [0.2, 0.25) is 0 Å². The highest BCUT2D eigenvalue weighted by Crippen LogP contribution is 2.08. The number of nitrogens with zero attached hydrogens (tertiary/aromatic N) is 2. The lowest BCUT2D eigenvalue weighted by atomic mass is 10.1. The van der Waals surface area contributed by atoms with Crippen molar-refractivity contribution in [1.82, 2.24) is 0 Å². The Labute approximate surface area is 79.8 Å². The van der Waals surface area contributed by atoms with Gasteiger partial charge in [-0.05, 0) is 18.2 Å². The lowest BCUT2D eigenvalue weighted by molar-refractivity contribution is 0.104. The van der Waals surface area contributed by atoms with E-state index < -0.39 is 0 Å². The SMILES string of the molecule is O=C1C=CN=c2c1ccc1c2=CC=N1. The van der Waals surface area contributed by atoms with Gasteiger partial charge < -0.3 is 0 Å². The molecule has 2 aliphatic rings. The summed E-state index contributed by atoms with van der Waals surface area (Å²) in [5.41, 5.74) is 1.55. The summed E-state index contributed by atoms with van der Waals surface area (Å²) < 4.78 is 0. The maximum Gasteiger partial charge on any atom is 0.189 e. The molecule has 0 saturated heterocycles. The van der Waals surface area contributed by atoms with Gasteiger partial charge >= 0.3 is 0 Å². The molecule has 3 heteroatoms. The number of carbonyl (C=O) groups is 1. The van der Waals surface area contributed by atoms with Crippen LogP contribution in [0.15, 0.2) is 34.4 Å². The molecule has 3 nitrogen and oxygen atoms in total. The zero-order valence-electron chi connectivity index (χ0n) is 7.27. The van der Waals surface area contributed by atoms with Crippen LogP contribution in [0, 0.1) is 0 Å². The Morgan fingerprint density at radius 1 is 1.21 bits per heavy atom. The van der Waals surface area contributed by atoms with Crippen molar-refractivity contribution in [3.8, 4) is 0 Å². The molecule has 2 aliphatic heterocycles. The molecule has 2 heterocycles. The van der Waals surface area contributed by atoms with Crippen molar-refractivity contribution in [1.29, 1.82) is 0 Å². The number of benzene rings is 1. The number of hydrogen-bond acceptors (Lipinski definition) is 3. The second-order valence-electron chi connectivity index (χ2n) is 3.15. The fourth-order valence-electron chi connectivity index (χ4n) is 1.67. The summed E-state index contributed by atoms with van der Waals surface area (Å²) in [5, 5.41) is 1.69. The van der Waals surface area contributed by atoms with Crippen LogP contribution in [-0.4, -0.2) is 12.0 Å². The van der Waals surface area contributed by atoms with E-state index in [4.69, 9.17) is 0 Å². The molecule has 14 heavy (non-hydrogen) atoms. The monoisotopic (exact) mass is 182 g/mol. The normalized spacial score (nSPS) is 15.9. The van der Waals surface area contributed by atoms with Gasteiger partial charge in [-0.3, -0.25) is 14.8 Å². The Balaban J connectivity index is 2.53. The smallest absolute Gasteiger partial charge is 0.189 e. The van der Waals surface area contributed by atoms with Crippen molar-refractivity contribution in [3.63, 3.8) is 0 Å². The van der Waals surface area contributed by atoms with Crippen LogP contribution in [0.25, 0.3) is 6.08 Å². The topological polar surface area (TPSA) is 41.8 Å². The van der Waals surface area contributed by atoms with Crippen molar-refractivity contribution < 1.29 is 4.79 Å². The predicted octanol–water partition coefficient (Wildman–Crippen LogP) is 0.513. The first-order valence-electron chi connectivity index (χ1n) is 4.32. The van der Waals surface area contributed by atoms with Crippen molar-refractivity contribution in [3.05, 3.63) is 40.5 Å². The van der Waals surface area contributed by atoms with Gasteiger partial charge in [-0.2, -0.15) is 0 Å². The molecule has 0 radical (unpaired) electrons. The molecule has 1 aromatic carbocycles. The minimum Gasteiger partial charge on any atom is -0.289 e. The van der Waals surface area contributed by atoms with E-state index in [0.717, 1.165) is 16.3 Å². The molecule has 0 unspecified atom stereocenters. The van der Waals surface area contributed by atoms with Gasteiger partial charge in [0, 0.05) is 29.3 Å². The van der Waals surface area contributed by atoms with Crippen LogP contribution in [0.4, 0.5) is 5.69 Å². The summed E-state index contributed by atoms with van der Waals surface area (Å²) >= 11 is 0. The first-order valence-corrected chi connectivity index (χ1v) is 4.32. The fraction of sp³-hybridized carbons (Fsp3) is 0. The quantitative estimate of drug-likeness (QED) is 0.576. The second kappa shape index (κ2) is 2.48. The number of carbonyl (C=O) groups excluding carboxylic acids is 1. The Morgan fingerprint density at radius 2 is 2.14 bits per heavy atom. The minimum atomic E-state index is 0.0121. The van der Waals surface area contributed by atoms with E-state index in [1.165, 1.54) is 12.3 Å². The van der Waals surface area contributed by atoms with Crippen molar-refractivity contribution in [2.75, 3.05) is 0 Å². The zero-order valence-corrected chi connectivity index (χ0v) is 7.27. The first-order chi connectivity index (χ1) is 6.86. The molecule has 0 N–H and O–H groups in total. The molecular weight excluding hydrogens is 176 g/mol. The summed E-state index contributed by atoms with van der Waals surface area (Å²) in [6, 6.07) is 3.63. The van der Waals surface area contributed by atoms with Crippen LogP contribution >= 0.6 is 0 Å². The van der Waals surface area contributed by atoms with E-state index in [1.807, 2.05) is 12.1 Å². The lowest BCUT2D eigenvalue weighted by Crippen LogP contribution is -2.31. The van der Waals surface area contributed by atoms with Gasteiger partial charge in [-0.15, -0.1) is 0 Å². The third kappa shape index (κ3) is 0.836. The summed E-state index contributed by atoms with van der Waals surface area (Å²) in [7, 11) is 0. The summed E-state index contributed by atoms with van der Waals surface area (Å²) in [6.07, 6.45) is 6.62. The van der Waals surface area contributed by atoms with Crippen LogP contribution in [0.3, 0.4) is 0 Å². The highest BCUT2D eigenvalue weighted by atomic mass is 16.1. The van der Waals surface area contributed by atoms with Gasteiger partial charge in [0.2, 0.25) is 0 Å². The Bertz CT molecular complexity index is 609. The lowest BCUT2D eigenvalue weighted by Gasteiger charge is -2.02. The van der Waals surface area contributed by atoms with Gasteiger partial charge in [0.15, 0.2) is 5.78 Å². The van der Waals surface area contributed by atoms with Crippen LogP contribution in [-0.2, 0) is 0 Å². The van der Waals surface area contributed by atoms with Crippen LogP contribution in [0.1, 0.15) is 10.4 Å². The number of aliphatic imine (C=N–C) groups is 1. The van der Waals surface area contributed by atoms with E-state index in [0.29, 0.717) is 5.56 Å². The molecule has 0 fully saturated rings. The average molecular weight is 182 g/mol. The average Bonchev–Trinajstić information content (AvgIpc) is 2.66. The predicted molar refractivity (Wildman–Crippen MR) is 53.3 cm³/mol. The minimum absolute atomic E-state index is 0.0121. The molecule has 0 aromatic heterocycles. The van der Waals surface area contributed by atoms with E-state index in [-0.39, 0.29) is 5.78 Å². The molecule has 3 rings (SSSR count). The Kier molecular flexibility index (Phi) is 1.31. The number of allylic oxidation sites excluding steroid dienone is 1. The van der Waals surface area contributed by atoms with E-state index >= 15 is 0 Å². The molecule has 66 valence electrons. The molecule has 0 amide bonds. The highest BCUT2D eigenvalue weighted by Gasteiger charge is 2.11. The molecular formula is C11H6N2O. The van der Waals surface area contributed by atoms with E-state index in [2.05, 4.69) is 9.98 Å². The molecule has 0 aliphatic carbocycles. The van der Waals surface area contributed by atoms with Gasteiger partial charge in [-0.25, -0.2) is 0 Å². The van der Waals surface area contributed by atoms with Crippen LogP contribution in [0.5, 0.6) is 0 Å². The molecule has 0 spiro atoms. The standard InChI is InChI=1S/C11H6N2O/c14-10-4-6-13-11-7-3-5-12-9(7)2-1-8(10)11/h1-6H. The van der Waals surface area contributed by atoms with E-state index in [1.54, 1.807) is 12.3 Å². The van der Waals surface area contributed by atoms with Crippen molar-refractivity contribution >= 4 is 23.8 Å². The Hall–Kier alpha value is -2.03. The number of ketones is 1. The van der Waals surface area contributed by atoms with Gasteiger partial charge in [-0.1, -0.05) is 0 Å². The van der Waals surface area contributed by atoms with Crippen molar-refractivity contribution in [2.45, 2.75) is 0 Å². The fourth-order valence-corrected chi connectivity index (χ4v) is 1.67. The zero-order chi connectivity index (χ0) is 9.54. The van der Waals surface area contributed by atoms with Gasteiger partial charge in [0.1, 0.15) is 0 Å². The van der Waals surface area contributed by atoms with Crippen LogP contribution < -0.4 is 10.6 Å². The maximum absolute atomic E-state index is 11.5. The highest BCUT2D eigenvalue weighted by molar-refractivity contribution is 6.06. The Morgan fingerprint density at radius 3 is 3.07 bits per heavy atom. The maximum atomic E-state index is 11.5. The summed E-state index contributed by atoms with van der Waals surface area (Å²) in [6.45, 7) is 0. The van der Waals surface area contributed by atoms with Gasteiger partial charge in [0.05, 0.1) is 11.0 Å². The number of hydrogen-bond donors (Lipinski definition) is 0. The largest absolute Gasteiger partial charge is 0.289 e. The van der Waals surface area contributed by atoms with Gasteiger partial charge in [0.25, 0.3) is 0 Å². The number of rotatable bonds is 0. The first kappa shape index (κ1) is 7.38. The molecule has 0 bridgehead atoms. The third-order valence-corrected chi connectivity index (χ3v) is 2.34. The number of fused-ring (bicyclic) bond motifs is 3. The summed E-state index contributed by atoms with van der Waals surface area (Å²) in [4.78, 5) is 19.8.